The van der Waals surface area contributed by atoms with E-state index in [1.807, 2.05) is 0 Å². The molecule has 0 saturated carbocycles. The fourth-order valence-electron chi connectivity index (χ4n) is 0.948. The number of rotatable bonds is 3. The Kier molecular flexibility index (Phi) is 3.09. The smallest absolute Gasteiger partial charge is 0.362 e. The highest BCUT2D eigenvalue weighted by Crippen LogP contribution is 2.42. The molecule has 0 aliphatic heterocycles. The Bertz CT molecular complexity index is 337. The van der Waals surface area contributed by atoms with Crippen LogP contribution in [0, 0.1) is 0 Å². The molecular formula is C8H11O4P. The quantitative estimate of drug-likeness (QED) is 0.723. The monoisotopic (exact) mass is 202 g/mol. The van der Waals surface area contributed by atoms with E-state index in [0.29, 0.717) is 0 Å². The molecule has 0 aliphatic carbocycles. The fraction of sp³-hybridized carbons (Fsp3) is 0.250. The molecule has 0 fully saturated rings. The molecular weight excluding hydrogens is 191 g/mol. The fourth-order valence-corrected chi connectivity index (χ4v) is 2.08. The van der Waals surface area contributed by atoms with Gasteiger partial charge in [0.2, 0.25) is 0 Å². The van der Waals surface area contributed by atoms with E-state index in [-0.39, 0.29) is 17.7 Å². The second-order valence-electron chi connectivity index (χ2n) is 2.43. The molecule has 0 aromatic heterocycles. The van der Waals surface area contributed by atoms with E-state index >= 15 is 0 Å². The lowest BCUT2D eigenvalue weighted by atomic mass is 10.3. The van der Waals surface area contributed by atoms with E-state index in [1.165, 1.54) is 12.1 Å². The van der Waals surface area contributed by atoms with Crippen molar-refractivity contribution in [3.8, 4) is 5.75 Å². The Morgan fingerprint density at radius 3 is 2.62 bits per heavy atom. The zero-order chi connectivity index (χ0) is 9.90. The van der Waals surface area contributed by atoms with Gasteiger partial charge in [-0.1, -0.05) is 12.1 Å². The summed E-state index contributed by atoms with van der Waals surface area (Å²) >= 11 is 0. The normalized spacial score (nSPS) is 15.2. The minimum atomic E-state index is -3.83. The molecule has 2 N–H and O–H groups in total. The van der Waals surface area contributed by atoms with Crippen LogP contribution in [0.5, 0.6) is 5.75 Å². The predicted molar refractivity (Wildman–Crippen MR) is 49.2 cm³/mol. The van der Waals surface area contributed by atoms with Gasteiger partial charge < -0.3 is 14.5 Å². The lowest BCUT2D eigenvalue weighted by Crippen LogP contribution is -2.07. The summed E-state index contributed by atoms with van der Waals surface area (Å²) in [5.74, 6) is -0.221. The van der Waals surface area contributed by atoms with Crippen LogP contribution in [0.4, 0.5) is 0 Å². The number of benzene rings is 1. The van der Waals surface area contributed by atoms with E-state index in [9.17, 15) is 14.6 Å². The van der Waals surface area contributed by atoms with Crippen LogP contribution >= 0.6 is 7.60 Å². The number of hydrogen-bond acceptors (Lipinski definition) is 3. The standard InChI is InChI=1S/C8H11O4P/c1-2-12-13(10,11)8-6-4-3-5-7(8)9/h3-6,9H,2H2,1H3,(H,10,11). The van der Waals surface area contributed by atoms with Gasteiger partial charge in [-0.25, -0.2) is 0 Å². The minimum Gasteiger partial charge on any atom is -0.507 e. The molecule has 1 aromatic carbocycles. The summed E-state index contributed by atoms with van der Waals surface area (Å²) in [5.41, 5.74) is 0. The highest BCUT2D eigenvalue weighted by Gasteiger charge is 2.24. The predicted octanol–water partition coefficient (Wildman–Crippen LogP) is 1.24. The van der Waals surface area contributed by atoms with Crippen molar-refractivity contribution in [1.29, 1.82) is 0 Å². The summed E-state index contributed by atoms with van der Waals surface area (Å²) < 4.78 is 16.1. The van der Waals surface area contributed by atoms with Crippen LogP contribution in [-0.4, -0.2) is 16.6 Å². The first-order chi connectivity index (χ1) is 6.08. The molecule has 1 aromatic rings. The van der Waals surface area contributed by atoms with E-state index in [2.05, 4.69) is 4.52 Å². The number of phenolic OH excluding ortho intramolecular Hbond substituents is 1. The maximum atomic E-state index is 11.4. The molecule has 0 bridgehead atoms. The zero-order valence-corrected chi connectivity index (χ0v) is 8.07. The van der Waals surface area contributed by atoms with Gasteiger partial charge >= 0.3 is 7.60 Å². The van der Waals surface area contributed by atoms with Crippen molar-refractivity contribution in [2.45, 2.75) is 6.92 Å². The molecule has 0 radical (unpaired) electrons. The van der Waals surface area contributed by atoms with Crippen molar-refractivity contribution in [3.63, 3.8) is 0 Å². The summed E-state index contributed by atoms with van der Waals surface area (Å²) in [6.45, 7) is 1.74. The number of hydrogen-bond donors (Lipinski definition) is 2. The molecule has 1 atom stereocenters. The average molecular weight is 202 g/mol. The molecule has 72 valence electrons. The van der Waals surface area contributed by atoms with Crippen molar-refractivity contribution in [3.05, 3.63) is 24.3 Å². The molecule has 0 heterocycles. The Labute approximate surface area is 76.3 Å². The summed E-state index contributed by atoms with van der Waals surface area (Å²) in [5, 5.41) is 9.20. The lowest BCUT2D eigenvalue weighted by molar-refractivity contribution is 0.283. The first-order valence-corrected chi connectivity index (χ1v) is 5.41. The lowest BCUT2D eigenvalue weighted by Gasteiger charge is -2.11. The van der Waals surface area contributed by atoms with Crippen LogP contribution in [0.25, 0.3) is 0 Å². The highest BCUT2D eigenvalue weighted by molar-refractivity contribution is 7.61. The molecule has 4 nitrogen and oxygen atoms in total. The van der Waals surface area contributed by atoms with Gasteiger partial charge in [0, 0.05) is 0 Å². The second-order valence-corrected chi connectivity index (χ2v) is 4.21. The van der Waals surface area contributed by atoms with Gasteiger partial charge in [0.05, 0.1) is 6.61 Å². The summed E-state index contributed by atoms with van der Waals surface area (Å²) in [4.78, 5) is 9.34. The second kappa shape index (κ2) is 3.92. The van der Waals surface area contributed by atoms with E-state index in [0.717, 1.165) is 0 Å². The average Bonchev–Trinajstić information content (AvgIpc) is 2.04. The highest BCUT2D eigenvalue weighted by atomic mass is 31.2. The van der Waals surface area contributed by atoms with Crippen molar-refractivity contribution in [2.24, 2.45) is 0 Å². The van der Waals surface area contributed by atoms with Crippen LogP contribution in [0.1, 0.15) is 6.92 Å². The largest absolute Gasteiger partial charge is 0.507 e. The van der Waals surface area contributed by atoms with Gasteiger partial charge in [0.25, 0.3) is 0 Å². The van der Waals surface area contributed by atoms with E-state index in [4.69, 9.17) is 0 Å². The molecule has 0 saturated heterocycles. The molecule has 1 unspecified atom stereocenters. The van der Waals surface area contributed by atoms with Crippen LogP contribution in [0.2, 0.25) is 0 Å². The molecule has 0 amide bonds. The van der Waals surface area contributed by atoms with Gasteiger partial charge in [-0.2, -0.15) is 0 Å². The Morgan fingerprint density at radius 2 is 2.08 bits per heavy atom. The number of phenols is 1. The van der Waals surface area contributed by atoms with Gasteiger partial charge in [0.1, 0.15) is 11.1 Å². The van der Waals surface area contributed by atoms with Gasteiger partial charge in [-0.15, -0.1) is 0 Å². The van der Waals surface area contributed by atoms with Crippen LogP contribution in [0.3, 0.4) is 0 Å². The molecule has 0 aliphatic rings. The maximum Gasteiger partial charge on any atom is 0.362 e. The molecule has 5 heteroatoms. The Morgan fingerprint density at radius 1 is 1.46 bits per heavy atom. The van der Waals surface area contributed by atoms with Gasteiger partial charge in [-0.3, -0.25) is 4.57 Å². The third kappa shape index (κ3) is 2.31. The topological polar surface area (TPSA) is 66.8 Å². The Hall–Kier alpha value is -0.830. The molecule has 13 heavy (non-hydrogen) atoms. The van der Waals surface area contributed by atoms with Crippen LogP contribution in [0.15, 0.2) is 24.3 Å². The van der Waals surface area contributed by atoms with Crippen LogP contribution < -0.4 is 5.30 Å². The van der Waals surface area contributed by atoms with Crippen molar-refractivity contribution >= 4 is 12.9 Å². The van der Waals surface area contributed by atoms with E-state index < -0.39 is 7.60 Å². The SMILES string of the molecule is CCOP(=O)(O)c1ccccc1O. The van der Waals surface area contributed by atoms with Crippen LogP contribution in [-0.2, 0) is 9.09 Å². The molecule has 1 rings (SSSR count). The first kappa shape index (κ1) is 10.3. The van der Waals surface area contributed by atoms with Gasteiger partial charge in [0.15, 0.2) is 0 Å². The zero-order valence-electron chi connectivity index (χ0n) is 7.17. The number of aromatic hydroxyl groups is 1. The Balaban J connectivity index is 3.07. The van der Waals surface area contributed by atoms with Crippen molar-refractivity contribution < 1.29 is 19.1 Å². The maximum absolute atomic E-state index is 11.4. The summed E-state index contributed by atoms with van der Waals surface area (Å²) in [7, 11) is -3.83. The van der Waals surface area contributed by atoms with Crippen molar-refractivity contribution in [2.75, 3.05) is 6.61 Å². The van der Waals surface area contributed by atoms with E-state index in [1.54, 1.807) is 19.1 Å². The van der Waals surface area contributed by atoms with Gasteiger partial charge in [-0.05, 0) is 19.1 Å². The third-order valence-corrected chi connectivity index (χ3v) is 3.09. The summed E-state index contributed by atoms with van der Waals surface area (Å²) in [6.07, 6.45) is 0. The minimum absolute atomic E-state index is 0.0585. The molecule has 0 spiro atoms. The number of para-hydroxylation sites is 1. The third-order valence-electron chi connectivity index (χ3n) is 1.49. The van der Waals surface area contributed by atoms with Crippen molar-refractivity contribution in [1.82, 2.24) is 0 Å². The first-order valence-electron chi connectivity index (χ1n) is 3.84. The summed E-state index contributed by atoms with van der Waals surface area (Å²) in [6, 6.07) is 5.85.